The highest BCUT2D eigenvalue weighted by Crippen LogP contribution is 2.29. The Morgan fingerprint density at radius 2 is 2.44 bits per heavy atom. The smallest absolute Gasteiger partial charge is 0.123 e. The number of hydrogen-bond donors (Lipinski definition) is 1. The van der Waals surface area contributed by atoms with Gasteiger partial charge in [0.15, 0.2) is 0 Å². The summed E-state index contributed by atoms with van der Waals surface area (Å²) < 4.78 is 5.90. The van der Waals surface area contributed by atoms with E-state index in [0.29, 0.717) is 6.10 Å². The molecule has 0 aliphatic carbocycles. The lowest BCUT2D eigenvalue weighted by atomic mass is 10.1. The molecule has 1 N–H and O–H groups in total. The fourth-order valence-electron chi connectivity index (χ4n) is 2.14. The highest BCUT2D eigenvalue weighted by molar-refractivity contribution is 7.99. The Bertz CT molecular complexity index is 405. The van der Waals surface area contributed by atoms with Crippen LogP contribution in [0.3, 0.4) is 0 Å². The van der Waals surface area contributed by atoms with Crippen molar-refractivity contribution in [3.05, 3.63) is 42.0 Å². The summed E-state index contributed by atoms with van der Waals surface area (Å²) in [4.78, 5) is 0. The van der Waals surface area contributed by atoms with E-state index >= 15 is 0 Å². The minimum absolute atomic E-state index is 0.297. The molecule has 0 bridgehead atoms. The third-order valence-corrected chi connectivity index (χ3v) is 3.95. The molecule has 0 aromatic heterocycles. The Morgan fingerprint density at radius 3 is 3.28 bits per heavy atom. The van der Waals surface area contributed by atoms with E-state index in [1.165, 1.54) is 11.1 Å². The Hall–Kier alpha value is -0.930. The highest BCUT2D eigenvalue weighted by atomic mass is 32.2. The zero-order chi connectivity index (χ0) is 12.8. The minimum atomic E-state index is 0.297. The molecule has 2 rings (SSSR count). The van der Waals surface area contributed by atoms with Gasteiger partial charge in [-0.1, -0.05) is 23.8 Å². The van der Waals surface area contributed by atoms with Gasteiger partial charge in [0, 0.05) is 31.0 Å². The standard InChI is InChI=1S/C15H21NOS/c1-3-7-18-8-6-16-11-14-10-13-9-12(2)4-5-15(13)17-14/h3-5,9,14,16H,1,6-8,10-11H2,2H3. The third kappa shape index (κ3) is 3.79. The second-order valence-electron chi connectivity index (χ2n) is 4.62. The van der Waals surface area contributed by atoms with Crippen LogP contribution in [0.5, 0.6) is 5.75 Å². The van der Waals surface area contributed by atoms with Crippen LogP contribution < -0.4 is 10.1 Å². The lowest BCUT2D eigenvalue weighted by molar-refractivity contribution is 0.229. The van der Waals surface area contributed by atoms with Crippen molar-refractivity contribution < 1.29 is 4.74 Å². The molecule has 2 nitrogen and oxygen atoms in total. The molecule has 1 aliphatic heterocycles. The second kappa shape index (κ2) is 6.86. The summed E-state index contributed by atoms with van der Waals surface area (Å²) in [6.45, 7) is 7.81. The van der Waals surface area contributed by atoms with E-state index in [1.54, 1.807) is 0 Å². The van der Waals surface area contributed by atoms with Gasteiger partial charge in [-0.25, -0.2) is 0 Å². The number of fused-ring (bicyclic) bond motifs is 1. The molecule has 1 unspecified atom stereocenters. The predicted octanol–water partition coefficient (Wildman–Crippen LogP) is 2.81. The maximum absolute atomic E-state index is 5.90. The maximum Gasteiger partial charge on any atom is 0.123 e. The number of nitrogens with one attached hydrogen (secondary N) is 1. The van der Waals surface area contributed by atoms with Crippen molar-refractivity contribution in [3.63, 3.8) is 0 Å². The first-order valence-electron chi connectivity index (χ1n) is 6.45. The molecule has 0 fully saturated rings. The van der Waals surface area contributed by atoms with Crippen LogP contribution in [0.15, 0.2) is 30.9 Å². The number of rotatable bonds is 7. The summed E-state index contributed by atoms with van der Waals surface area (Å²) in [6.07, 6.45) is 3.28. The maximum atomic E-state index is 5.90. The molecule has 0 amide bonds. The summed E-state index contributed by atoms with van der Waals surface area (Å²) in [5.74, 6) is 3.23. The monoisotopic (exact) mass is 263 g/mol. The second-order valence-corrected chi connectivity index (χ2v) is 5.77. The van der Waals surface area contributed by atoms with E-state index in [0.717, 1.165) is 36.8 Å². The number of benzene rings is 1. The van der Waals surface area contributed by atoms with E-state index in [1.807, 2.05) is 17.8 Å². The number of hydrogen-bond acceptors (Lipinski definition) is 3. The lowest BCUT2D eigenvalue weighted by Gasteiger charge is -2.11. The van der Waals surface area contributed by atoms with Gasteiger partial charge in [-0.05, 0) is 18.6 Å². The minimum Gasteiger partial charge on any atom is -0.488 e. The van der Waals surface area contributed by atoms with Gasteiger partial charge in [-0.15, -0.1) is 6.58 Å². The SMILES string of the molecule is C=CCSCCNCC1Cc2cc(C)ccc2O1. The van der Waals surface area contributed by atoms with Crippen LogP contribution >= 0.6 is 11.8 Å². The zero-order valence-electron chi connectivity index (χ0n) is 10.9. The van der Waals surface area contributed by atoms with Crippen molar-refractivity contribution in [2.45, 2.75) is 19.4 Å². The first-order valence-corrected chi connectivity index (χ1v) is 7.60. The van der Waals surface area contributed by atoms with Crippen molar-refractivity contribution in [2.75, 3.05) is 24.6 Å². The van der Waals surface area contributed by atoms with E-state index in [9.17, 15) is 0 Å². The van der Waals surface area contributed by atoms with Gasteiger partial charge < -0.3 is 10.1 Å². The molecule has 0 saturated carbocycles. The summed E-state index contributed by atoms with van der Waals surface area (Å²) in [5, 5.41) is 3.46. The largest absolute Gasteiger partial charge is 0.488 e. The Balaban J connectivity index is 1.67. The van der Waals surface area contributed by atoms with E-state index < -0.39 is 0 Å². The quantitative estimate of drug-likeness (QED) is 0.604. The average molecular weight is 263 g/mol. The molecule has 0 spiro atoms. The number of aryl methyl sites for hydroxylation is 1. The van der Waals surface area contributed by atoms with Crippen molar-refractivity contribution >= 4 is 11.8 Å². The molecule has 18 heavy (non-hydrogen) atoms. The Morgan fingerprint density at radius 1 is 1.56 bits per heavy atom. The van der Waals surface area contributed by atoms with Crippen molar-refractivity contribution in [2.24, 2.45) is 0 Å². The average Bonchev–Trinajstić information content (AvgIpc) is 2.75. The number of thioether (sulfide) groups is 1. The summed E-state index contributed by atoms with van der Waals surface area (Å²) in [7, 11) is 0. The van der Waals surface area contributed by atoms with Gasteiger partial charge in [0.2, 0.25) is 0 Å². The van der Waals surface area contributed by atoms with E-state index in [-0.39, 0.29) is 0 Å². The molecule has 0 saturated heterocycles. The molecule has 1 heterocycles. The summed E-state index contributed by atoms with van der Waals surface area (Å²) in [5.41, 5.74) is 2.66. The van der Waals surface area contributed by atoms with Crippen LogP contribution in [0.1, 0.15) is 11.1 Å². The van der Waals surface area contributed by atoms with Crippen LogP contribution in [0.4, 0.5) is 0 Å². The van der Waals surface area contributed by atoms with Crippen LogP contribution in [0, 0.1) is 6.92 Å². The van der Waals surface area contributed by atoms with E-state index in [2.05, 4.69) is 37.0 Å². The van der Waals surface area contributed by atoms with Crippen LogP contribution in [0.2, 0.25) is 0 Å². The fraction of sp³-hybridized carbons (Fsp3) is 0.467. The van der Waals surface area contributed by atoms with Gasteiger partial charge in [0.05, 0.1) is 0 Å². The molecule has 0 radical (unpaired) electrons. The molecule has 3 heteroatoms. The molecule has 98 valence electrons. The molecular formula is C15H21NOS. The Labute approximate surface area is 114 Å². The topological polar surface area (TPSA) is 21.3 Å². The first kappa shape index (κ1) is 13.5. The normalized spacial score (nSPS) is 17.3. The zero-order valence-corrected chi connectivity index (χ0v) is 11.8. The van der Waals surface area contributed by atoms with Gasteiger partial charge in [0.25, 0.3) is 0 Å². The molecule has 1 aliphatic rings. The van der Waals surface area contributed by atoms with Crippen molar-refractivity contribution in [1.82, 2.24) is 5.32 Å². The predicted molar refractivity (Wildman–Crippen MR) is 79.7 cm³/mol. The van der Waals surface area contributed by atoms with Gasteiger partial charge in [-0.2, -0.15) is 11.8 Å². The van der Waals surface area contributed by atoms with Crippen molar-refractivity contribution in [1.29, 1.82) is 0 Å². The molecular weight excluding hydrogens is 242 g/mol. The van der Waals surface area contributed by atoms with Crippen molar-refractivity contribution in [3.8, 4) is 5.75 Å². The summed E-state index contributed by atoms with van der Waals surface area (Å²) >= 11 is 1.90. The van der Waals surface area contributed by atoms with E-state index in [4.69, 9.17) is 4.74 Å². The van der Waals surface area contributed by atoms with Crippen LogP contribution in [0.25, 0.3) is 0 Å². The van der Waals surface area contributed by atoms with Gasteiger partial charge in [0.1, 0.15) is 11.9 Å². The fourth-order valence-corrected chi connectivity index (χ4v) is 2.76. The molecule has 1 atom stereocenters. The van der Waals surface area contributed by atoms with Crippen LogP contribution in [-0.2, 0) is 6.42 Å². The summed E-state index contributed by atoms with van der Waals surface area (Å²) in [6, 6.07) is 6.43. The van der Waals surface area contributed by atoms with Gasteiger partial charge in [-0.3, -0.25) is 0 Å². The third-order valence-electron chi connectivity index (χ3n) is 2.99. The van der Waals surface area contributed by atoms with Gasteiger partial charge >= 0.3 is 0 Å². The van der Waals surface area contributed by atoms with Crippen LogP contribution in [-0.4, -0.2) is 30.7 Å². The first-order chi connectivity index (χ1) is 8.79. The molecule has 1 aromatic carbocycles. The Kier molecular flexibility index (Phi) is 5.14. The lowest BCUT2D eigenvalue weighted by Crippen LogP contribution is -2.31. The highest BCUT2D eigenvalue weighted by Gasteiger charge is 2.21. The molecule has 1 aromatic rings. The number of ether oxygens (including phenoxy) is 1.